The molecule has 0 unspecified atom stereocenters. The Morgan fingerprint density at radius 2 is 1.93 bits per heavy atom. The second kappa shape index (κ2) is 9.73. The normalized spacial score (nSPS) is 19.2. The average Bonchev–Trinajstić information content (AvgIpc) is 3.06. The van der Waals surface area contributed by atoms with E-state index in [0.717, 1.165) is 6.42 Å². The van der Waals surface area contributed by atoms with E-state index in [2.05, 4.69) is 27.8 Å². The van der Waals surface area contributed by atoms with Gasteiger partial charge in [0.1, 0.15) is 0 Å². The second-order valence-electron chi connectivity index (χ2n) is 7.23. The van der Waals surface area contributed by atoms with Crippen molar-refractivity contribution in [3.8, 4) is 0 Å². The van der Waals surface area contributed by atoms with Crippen LogP contribution in [0.2, 0.25) is 0 Å². The molecule has 1 aliphatic rings. The van der Waals surface area contributed by atoms with E-state index in [4.69, 9.17) is 0 Å². The van der Waals surface area contributed by atoms with Crippen LogP contribution in [0.4, 0.5) is 0 Å². The number of carbonyl (C=O) groups excluding carboxylic acids is 2. The minimum atomic E-state index is -0.154. The molecule has 2 atom stereocenters. The summed E-state index contributed by atoms with van der Waals surface area (Å²) in [6, 6.07) is 9.33. The summed E-state index contributed by atoms with van der Waals surface area (Å²) in [6.45, 7) is 2.49. The molecule has 0 aliphatic heterocycles. The molecule has 7 nitrogen and oxygen atoms in total. The van der Waals surface area contributed by atoms with Gasteiger partial charge in [-0.25, -0.2) is 0 Å². The van der Waals surface area contributed by atoms with Crippen LogP contribution in [0.3, 0.4) is 0 Å². The van der Waals surface area contributed by atoms with E-state index in [1.165, 1.54) is 31.0 Å². The van der Waals surface area contributed by atoms with Gasteiger partial charge in [0.05, 0.1) is 12.3 Å². The van der Waals surface area contributed by atoms with Crippen LogP contribution < -0.4 is 10.6 Å². The van der Waals surface area contributed by atoms with Gasteiger partial charge in [0, 0.05) is 18.7 Å². The first-order chi connectivity index (χ1) is 13.5. The van der Waals surface area contributed by atoms with Crippen LogP contribution in [0.15, 0.2) is 35.5 Å². The highest BCUT2D eigenvalue weighted by atomic mass is 32.2. The van der Waals surface area contributed by atoms with Gasteiger partial charge < -0.3 is 15.2 Å². The lowest BCUT2D eigenvalue weighted by Gasteiger charge is -2.29. The number of hydrogen-bond acceptors (Lipinski definition) is 5. The van der Waals surface area contributed by atoms with Gasteiger partial charge >= 0.3 is 0 Å². The van der Waals surface area contributed by atoms with E-state index in [0.29, 0.717) is 28.2 Å². The van der Waals surface area contributed by atoms with Crippen LogP contribution in [-0.4, -0.2) is 38.4 Å². The maximum absolute atomic E-state index is 12.3. The predicted molar refractivity (Wildman–Crippen MR) is 109 cm³/mol. The highest BCUT2D eigenvalue weighted by Gasteiger charge is 2.23. The Kier molecular flexibility index (Phi) is 7.08. The van der Waals surface area contributed by atoms with Gasteiger partial charge in [-0.3, -0.25) is 9.59 Å². The van der Waals surface area contributed by atoms with Crippen molar-refractivity contribution < 1.29 is 9.59 Å². The first-order valence-electron chi connectivity index (χ1n) is 9.68. The third-order valence-corrected chi connectivity index (χ3v) is 6.18. The minimum absolute atomic E-state index is 0.0330. The van der Waals surface area contributed by atoms with Crippen LogP contribution in [0.1, 0.15) is 48.8 Å². The van der Waals surface area contributed by atoms with Crippen LogP contribution in [-0.2, 0) is 18.4 Å². The lowest BCUT2D eigenvalue weighted by Crippen LogP contribution is -2.41. The Bertz CT molecular complexity index is 808. The van der Waals surface area contributed by atoms with Crippen LogP contribution in [0.25, 0.3) is 0 Å². The average molecular weight is 402 g/mol. The molecule has 1 aliphatic carbocycles. The lowest BCUT2D eigenvalue weighted by molar-refractivity contribution is -0.119. The number of amides is 2. The quantitative estimate of drug-likeness (QED) is 0.696. The van der Waals surface area contributed by atoms with Crippen molar-refractivity contribution in [1.82, 2.24) is 25.4 Å². The van der Waals surface area contributed by atoms with E-state index >= 15 is 0 Å². The number of thioether (sulfide) groups is 1. The zero-order valence-electron chi connectivity index (χ0n) is 16.4. The zero-order valence-corrected chi connectivity index (χ0v) is 17.2. The topological polar surface area (TPSA) is 88.9 Å². The molecule has 0 bridgehead atoms. The summed E-state index contributed by atoms with van der Waals surface area (Å²) in [5.41, 5.74) is 0.605. The molecule has 1 saturated carbocycles. The molecule has 28 heavy (non-hydrogen) atoms. The molecule has 0 spiro atoms. The fraction of sp³-hybridized carbons (Fsp3) is 0.500. The number of carbonyl (C=O) groups is 2. The molecule has 1 heterocycles. The fourth-order valence-corrected chi connectivity index (χ4v) is 4.13. The maximum atomic E-state index is 12.3. The Labute approximate surface area is 169 Å². The standard InChI is InChI=1S/C20H27N5O2S/c1-14-8-6-7-11-16(14)22-18(26)13-28-20-24-23-17(25(20)2)12-21-19(27)15-9-4-3-5-10-15/h3-5,9-10,14,16H,6-8,11-13H2,1-2H3,(H,21,27)(H,22,26)/t14-,16-/m0/s1. The molecule has 1 aromatic carbocycles. The van der Waals surface area contributed by atoms with Crippen LogP contribution >= 0.6 is 11.8 Å². The maximum Gasteiger partial charge on any atom is 0.251 e. The Balaban J connectivity index is 1.47. The molecule has 2 aromatic rings. The number of aromatic nitrogens is 3. The summed E-state index contributed by atoms with van der Waals surface area (Å²) >= 11 is 1.36. The smallest absolute Gasteiger partial charge is 0.251 e. The van der Waals surface area contributed by atoms with Crippen molar-refractivity contribution in [1.29, 1.82) is 0 Å². The van der Waals surface area contributed by atoms with Crippen molar-refractivity contribution in [2.75, 3.05) is 5.75 Å². The molecule has 0 radical (unpaired) electrons. The first kappa shape index (κ1) is 20.4. The van der Waals surface area contributed by atoms with Gasteiger partial charge in [0.25, 0.3) is 5.91 Å². The molecular weight excluding hydrogens is 374 g/mol. The molecule has 1 fully saturated rings. The van der Waals surface area contributed by atoms with Crippen LogP contribution in [0.5, 0.6) is 0 Å². The summed E-state index contributed by atoms with van der Waals surface area (Å²) < 4.78 is 1.81. The Morgan fingerprint density at radius 3 is 2.68 bits per heavy atom. The summed E-state index contributed by atoms with van der Waals surface area (Å²) in [7, 11) is 1.84. The molecule has 8 heteroatoms. The van der Waals surface area contributed by atoms with Gasteiger partial charge in [-0.1, -0.05) is 49.7 Å². The highest BCUT2D eigenvalue weighted by Crippen LogP contribution is 2.24. The van der Waals surface area contributed by atoms with Gasteiger partial charge in [0.2, 0.25) is 5.91 Å². The van der Waals surface area contributed by atoms with E-state index in [-0.39, 0.29) is 24.4 Å². The molecule has 150 valence electrons. The third kappa shape index (κ3) is 5.34. The number of hydrogen-bond donors (Lipinski definition) is 2. The fourth-order valence-electron chi connectivity index (χ4n) is 3.38. The summed E-state index contributed by atoms with van der Waals surface area (Å²) in [6.07, 6.45) is 4.68. The predicted octanol–water partition coefficient (Wildman–Crippen LogP) is 2.53. The zero-order chi connectivity index (χ0) is 19.9. The van der Waals surface area contributed by atoms with Crippen molar-refractivity contribution in [3.63, 3.8) is 0 Å². The lowest BCUT2D eigenvalue weighted by atomic mass is 9.86. The molecule has 0 saturated heterocycles. The van der Waals surface area contributed by atoms with E-state index < -0.39 is 0 Å². The molecular formula is C20H27N5O2S. The van der Waals surface area contributed by atoms with Crippen LogP contribution in [0, 0.1) is 5.92 Å². The van der Waals surface area contributed by atoms with Crippen molar-refractivity contribution in [2.45, 2.75) is 50.4 Å². The Morgan fingerprint density at radius 1 is 1.18 bits per heavy atom. The number of rotatable bonds is 7. The van der Waals surface area contributed by atoms with E-state index in [9.17, 15) is 9.59 Å². The summed E-state index contributed by atoms with van der Waals surface area (Å²) in [5, 5.41) is 14.9. The SMILES string of the molecule is C[C@H]1CCCC[C@@H]1NC(=O)CSc1nnc(CNC(=O)c2ccccc2)n1C. The van der Waals surface area contributed by atoms with E-state index in [1.54, 1.807) is 12.1 Å². The molecule has 2 amide bonds. The first-order valence-corrected chi connectivity index (χ1v) is 10.7. The largest absolute Gasteiger partial charge is 0.352 e. The third-order valence-electron chi connectivity index (χ3n) is 5.16. The second-order valence-corrected chi connectivity index (χ2v) is 8.17. The summed E-state index contributed by atoms with van der Waals surface area (Å²) in [5.74, 6) is 1.38. The van der Waals surface area contributed by atoms with Gasteiger partial charge in [-0.15, -0.1) is 10.2 Å². The number of nitrogens with one attached hydrogen (secondary N) is 2. The van der Waals surface area contributed by atoms with Gasteiger partial charge in [-0.2, -0.15) is 0 Å². The summed E-state index contributed by atoms with van der Waals surface area (Å²) in [4.78, 5) is 24.4. The van der Waals surface area contributed by atoms with Gasteiger partial charge in [0.15, 0.2) is 11.0 Å². The van der Waals surface area contributed by atoms with Gasteiger partial charge in [-0.05, 0) is 30.9 Å². The number of benzene rings is 1. The molecule has 3 rings (SSSR count). The van der Waals surface area contributed by atoms with Crippen molar-refractivity contribution >= 4 is 23.6 Å². The monoisotopic (exact) mass is 401 g/mol. The highest BCUT2D eigenvalue weighted by molar-refractivity contribution is 7.99. The minimum Gasteiger partial charge on any atom is -0.352 e. The van der Waals surface area contributed by atoms with Crippen molar-refractivity contribution in [3.05, 3.63) is 41.7 Å². The molecule has 2 N–H and O–H groups in total. The molecule has 1 aromatic heterocycles. The van der Waals surface area contributed by atoms with Crippen molar-refractivity contribution in [2.24, 2.45) is 13.0 Å². The Hall–Kier alpha value is -2.35. The van der Waals surface area contributed by atoms with E-state index in [1.807, 2.05) is 29.8 Å². The number of nitrogens with zero attached hydrogens (tertiary/aromatic N) is 3.